The van der Waals surface area contributed by atoms with Crippen LogP contribution in [0.25, 0.3) is 0 Å². The van der Waals surface area contributed by atoms with Crippen molar-refractivity contribution in [1.82, 2.24) is 39.5 Å². The number of nitrogens with one attached hydrogen (secondary N) is 2. The minimum atomic E-state index is -1.10. The summed E-state index contributed by atoms with van der Waals surface area (Å²) in [6.07, 6.45) is 13.2. The number of hydrogen-bond acceptors (Lipinski definition) is 8. The van der Waals surface area contributed by atoms with Crippen LogP contribution >= 0.6 is 0 Å². The maximum absolute atomic E-state index is 12.7. The Morgan fingerprint density at radius 3 is 2.08 bits per heavy atom. The van der Waals surface area contributed by atoms with Crippen LogP contribution in [0.1, 0.15) is 81.3 Å². The molecular formula is C46H58N10O4Si. The molecule has 2 aromatic carbocycles. The predicted molar refractivity (Wildman–Crippen MR) is 237 cm³/mol. The summed E-state index contributed by atoms with van der Waals surface area (Å²) >= 11 is 0. The fraction of sp³-hybridized carbons (Fsp3) is 0.435. The summed E-state index contributed by atoms with van der Waals surface area (Å²) in [5, 5.41) is 32.4. The maximum atomic E-state index is 12.7. The molecule has 0 radical (unpaired) electrons. The van der Waals surface area contributed by atoms with Crippen LogP contribution in [0.15, 0.2) is 85.5 Å². The zero-order chi connectivity index (χ0) is 42.9. The fourth-order valence-electron chi connectivity index (χ4n) is 8.78. The molecule has 10 rings (SSSR count). The number of rotatable bonds is 12. The number of H-pyrrole nitrogens is 1. The molecule has 4 atom stereocenters. The first-order chi connectivity index (χ1) is 29.1. The summed E-state index contributed by atoms with van der Waals surface area (Å²) in [6, 6.07) is 21.4. The summed E-state index contributed by atoms with van der Waals surface area (Å²) < 4.78 is 11.2. The normalized spacial score (nSPS) is 21.6. The van der Waals surface area contributed by atoms with Gasteiger partial charge in [0.05, 0.1) is 36.9 Å². The molecule has 6 aromatic rings. The molecule has 0 saturated heterocycles. The summed E-state index contributed by atoms with van der Waals surface area (Å²) in [6.45, 7) is 14.1. The molecule has 320 valence electrons. The van der Waals surface area contributed by atoms with E-state index in [0.717, 1.165) is 67.4 Å². The number of benzene rings is 2. The van der Waals surface area contributed by atoms with Crippen molar-refractivity contribution in [2.24, 2.45) is 22.7 Å². The lowest BCUT2D eigenvalue weighted by molar-refractivity contribution is 0.0667. The van der Waals surface area contributed by atoms with Crippen molar-refractivity contribution in [2.45, 2.75) is 97.9 Å². The molecule has 1 amide bonds. The van der Waals surface area contributed by atoms with Crippen LogP contribution in [0.4, 0.5) is 11.4 Å². The average Bonchev–Trinajstić information content (AvgIpc) is 3.61. The highest BCUT2D eigenvalue weighted by Gasteiger charge is 2.55. The summed E-state index contributed by atoms with van der Waals surface area (Å²) in [5.74, 6) is 0.267. The van der Waals surface area contributed by atoms with Gasteiger partial charge in [0.1, 0.15) is 6.73 Å². The Hall–Kier alpha value is -5.80. The van der Waals surface area contributed by atoms with E-state index in [2.05, 4.69) is 88.6 Å². The number of nitrogens with two attached hydrogens (primary N) is 1. The molecule has 2 saturated carbocycles. The molecule has 4 heterocycles. The van der Waals surface area contributed by atoms with Crippen molar-refractivity contribution in [3.8, 4) is 0 Å². The smallest absolute Gasteiger partial charge is 0.356 e. The van der Waals surface area contributed by atoms with E-state index in [-0.39, 0.29) is 11.6 Å². The number of fused-ring (bicyclic) bond motifs is 4. The third-order valence-corrected chi connectivity index (χ3v) is 14.5. The first kappa shape index (κ1) is 41.9. The van der Waals surface area contributed by atoms with E-state index in [4.69, 9.17) is 10.5 Å². The molecule has 4 aromatic heterocycles. The number of carbonyl (C=O) groups is 2. The van der Waals surface area contributed by atoms with Gasteiger partial charge in [-0.2, -0.15) is 20.4 Å². The number of anilines is 2. The van der Waals surface area contributed by atoms with E-state index in [1.54, 1.807) is 17.1 Å². The van der Waals surface area contributed by atoms with Crippen LogP contribution in [0.3, 0.4) is 0 Å². The van der Waals surface area contributed by atoms with Gasteiger partial charge in [0, 0.05) is 49.6 Å². The van der Waals surface area contributed by atoms with E-state index in [1.807, 2.05) is 58.2 Å². The molecule has 61 heavy (non-hydrogen) atoms. The molecule has 2 fully saturated rings. The molecule has 0 bridgehead atoms. The molecule has 0 spiro atoms. The fourth-order valence-corrected chi connectivity index (χ4v) is 9.54. The molecule has 4 aliphatic carbocycles. The highest BCUT2D eigenvalue weighted by molar-refractivity contribution is 6.76. The Labute approximate surface area is 357 Å². The van der Waals surface area contributed by atoms with Crippen LogP contribution in [-0.4, -0.2) is 71.2 Å². The molecule has 14 nitrogen and oxygen atoms in total. The van der Waals surface area contributed by atoms with Crippen LogP contribution in [0.5, 0.6) is 0 Å². The highest BCUT2D eigenvalue weighted by Crippen LogP contribution is 2.60. The number of ether oxygens (including phenoxy) is 1. The second-order valence-electron chi connectivity index (χ2n) is 19.2. The van der Waals surface area contributed by atoms with Crippen molar-refractivity contribution in [3.63, 3.8) is 0 Å². The van der Waals surface area contributed by atoms with Gasteiger partial charge in [-0.1, -0.05) is 94.2 Å². The average molecular weight is 843 g/mol. The number of aromatic carboxylic acids is 1. The van der Waals surface area contributed by atoms with Crippen LogP contribution < -0.4 is 11.1 Å². The summed E-state index contributed by atoms with van der Waals surface area (Å²) in [4.78, 5) is 24.1. The molecule has 0 aliphatic heterocycles. The van der Waals surface area contributed by atoms with Crippen LogP contribution in [0.2, 0.25) is 25.7 Å². The maximum Gasteiger partial charge on any atom is 0.356 e. The molecule has 4 unspecified atom stereocenters. The minimum Gasteiger partial charge on any atom is -0.476 e. The minimum absolute atomic E-state index is 0.161. The topological polar surface area (TPSA) is 184 Å². The van der Waals surface area contributed by atoms with Gasteiger partial charge in [0.25, 0.3) is 5.91 Å². The second kappa shape index (κ2) is 16.9. The van der Waals surface area contributed by atoms with Gasteiger partial charge >= 0.3 is 5.97 Å². The number of carbonyl (C=O) groups excluding carboxylic acids is 1. The SMILES string of the molecule is CC12Cc3[nH]nc(C(=O)Nc4cnn(Cc5ccccc5)c4)c3CC1C2.CC12Cc3c(c(C(=O)O)nn3COCC[Si](C)(C)C)CC1C2.Nc1cnn(Cc2ccccc2)c1. The summed E-state index contributed by atoms with van der Waals surface area (Å²) in [5.41, 5.74) is 15.1. The second-order valence-corrected chi connectivity index (χ2v) is 24.8. The Balaban J connectivity index is 0.000000133. The number of carboxylic acid groups (broad SMARTS) is 1. The van der Waals surface area contributed by atoms with Crippen molar-refractivity contribution >= 4 is 31.3 Å². The summed E-state index contributed by atoms with van der Waals surface area (Å²) in [7, 11) is -1.10. The third kappa shape index (κ3) is 10.1. The van der Waals surface area contributed by atoms with Gasteiger partial charge in [-0.25, -0.2) is 9.48 Å². The van der Waals surface area contributed by atoms with Crippen LogP contribution in [-0.2, 0) is 50.2 Å². The van der Waals surface area contributed by atoms with Gasteiger partial charge in [-0.3, -0.25) is 19.3 Å². The van der Waals surface area contributed by atoms with Gasteiger partial charge in [-0.05, 0) is 78.4 Å². The van der Waals surface area contributed by atoms with Gasteiger partial charge in [0.2, 0.25) is 0 Å². The van der Waals surface area contributed by atoms with Crippen molar-refractivity contribution < 1.29 is 19.4 Å². The van der Waals surface area contributed by atoms with Crippen molar-refractivity contribution in [1.29, 1.82) is 0 Å². The number of nitrogens with zero attached hydrogens (tertiary/aromatic N) is 7. The largest absolute Gasteiger partial charge is 0.476 e. The Bertz CT molecular complexity index is 2490. The third-order valence-electron chi connectivity index (χ3n) is 12.8. The van der Waals surface area contributed by atoms with E-state index in [9.17, 15) is 14.7 Å². The first-order valence-corrected chi connectivity index (χ1v) is 25.0. The highest BCUT2D eigenvalue weighted by atomic mass is 28.3. The number of nitrogen functional groups attached to an aromatic ring is 1. The molecule has 4 aliphatic rings. The zero-order valence-electron chi connectivity index (χ0n) is 35.9. The predicted octanol–water partition coefficient (Wildman–Crippen LogP) is 7.56. The number of carboxylic acids is 1. The van der Waals surface area contributed by atoms with E-state index in [1.165, 1.54) is 24.0 Å². The molecule has 5 N–H and O–H groups in total. The van der Waals surface area contributed by atoms with Gasteiger partial charge in [-0.15, -0.1) is 0 Å². The van der Waals surface area contributed by atoms with Crippen molar-refractivity contribution in [3.05, 3.63) is 130 Å². The lowest BCUT2D eigenvalue weighted by Crippen LogP contribution is -2.23. The zero-order valence-corrected chi connectivity index (χ0v) is 36.9. The monoisotopic (exact) mass is 842 g/mol. The lowest BCUT2D eigenvalue weighted by Gasteiger charge is -2.20. The van der Waals surface area contributed by atoms with E-state index in [0.29, 0.717) is 53.0 Å². The van der Waals surface area contributed by atoms with Gasteiger partial charge < -0.3 is 20.9 Å². The lowest BCUT2D eigenvalue weighted by atomic mass is 9.87. The first-order valence-electron chi connectivity index (χ1n) is 21.3. The number of amides is 1. The van der Waals surface area contributed by atoms with Crippen molar-refractivity contribution in [2.75, 3.05) is 17.7 Å². The Morgan fingerprint density at radius 2 is 1.48 bits per heavy atom. The number of aromatic nitrogens is 8. The standard InChI is InChI=1S/C20H21N5O.C16H26N2O3Si.C10H11N3/c1-20-8-14(20)7-16-17(9-20)23-24-18(16)19(26)22-15-10-21-25(12-15)11-13-5-3-2-4-6-13;1-16-8-11(16)7-12-13(9-16)18(17-14(12)15(19)20)10-21-5-6-22(2,3)4;11-10-6-12-13(8-10)7-9-4-2-1-3-5-9/h2-6,10,12,14H,7-9,11H2,1H3,(H,22,26)(H,23,24);11H,5-10H2,1-4H3,(H,19,20);1-6,8H,7,11H2. The number of aromatic amines is 1. The Kier molecular flexibility index (Phi) is 11.6. The number of hydrogen-bond donors (Lipinski definition) is 4. The van der Waals surface area contributed by atoms with E-state index >= 15 is 0 Å². The quantitative estimate of drug-likeness (QED) is 0.0713. The molecular weight excluding hydrogens is 785 g/mol. The molecule has 15 heteroatoms. The Morgan fingerprint density at radius 1 is 0.869 bits per heavy atom. The van der Waals surface area contributed by atoms with Gasteiger partial charge in [0.15, 0.2) is 11.4 Å². The van der Waals surface area contributed by atoms with Crippen LogP contribution in [0, 0.1) is 22.7 Å². The van der Waals surface area contributed by atoms with E-state index < -0.39 is 14.0 Å².